The van der Waals surface area contributed by atoms with E-state index in [1.54, 1.807) is 6.20 Å². The molecular weight excluding hydrogens is 188 g/mol. The van der Waals surface area contributed by atoms with E-state index >= 15 is 0 Å². The van der Waals surface area contributed by atoms with Crippen LogP contribution in [0.5, 0.6) is 0 Å². The molecule has 0 aliphatic carbocycles. The van der Waals surface area contributed by atoms with Gasteiger partial charge >= 0.3 is 0 Å². The number of hydrogen-bond acceptors (Lipinski definition) is 3. The van der Waals surface area contributed by atoms with E-state index in [9.17, 15) is 5.11 Å². The largest absolute Gasteiger partial charge is 0.393 e. The van der Waals surface area contributed by atoms with Crippen LogP contribution in [-0.4, -0.2) is 29.3 Å². The van der Waals surface area contributed by atoms with Gasteiger partial charge in [-0.15, -0.1) is 0 Å². The molecule has 2 unspecified atom stereocenters. The molecule has 0 aromatic carbocycles. The van der Waals surface area contributed by atoms with Crippen LogP contribution in [0, 0.1) is 5.92 Å². The minimum absolute atomic E-state index is 0.122. The van der Waals surface area contributed by atoms with Gasteiger partial charge in [0.25, 0.3) is 0 Å². The number of aromatic nitrogens is 1. The molecule has 2 rings (SSSR count). The maximum atomic E-state index is 9.79. The highest BCUT2D eigenvalue weighted by atomic mass is 16.3. The Morgan fingerprint density at radius 1 is 1.53 bits per heavy atom. The third-order valence-electron chi connectivity index (χ3n) is 3.09. The van der Waals surface area contributed by atoms with Gasteiger partial charge in [-0.2, -0.15) is 0 Å². The zero-order valence-corrected chi connectivity index (χ0v) is 8.89. The van der Waals surface area contributed by atoms with Gasteiger partial charge in [-0.3, -0.25) is 4.98 Å². The summed E-state index contributed by atoms with van der Waals surface area (Å²) in [6.07, 6.45) is 6.51. The summed E-state index contributed by atoms with van der Waals surface area (Å²) in [4.78, 5) is 4.09. The van der Waals surface area contributed by atoms with E-state index < -0.39 is 0 Å². The summed E-state index contributed by atoms with van der Waals surface area (Å²) >= 11 is 0. The predicted octanol–water partition coefficient (Wildman–Crippen LogP) is 0.985. The van der Waals surface area contributed by atoms with Crippen molar-refractivity contribution in [3.63, 3.8) is 0 Å². The maximum Gasteiger partial charge on any atom is 0.0592 e. The molecule has 1 aromatic rings. The first-order valence-corrected chi connectivity index (χ1v) is 5.64. The summed E-state index contributed by atoms with van der Waals surface area (Å²) in [5, 5.41) is 13.1. The van der Waals surface area contributed by atoms with Crippen LogP contribution in [0.1, 0.15) is 18.4 Å². The lowest BCUT2D eigenvalue weighted by atomic mass is 9.90. The van der Waals surface area contributed by atoms with Crippen molar-refractivity contribution in [3.05, 3.63) is 30.1 Å². The minimum Gasteiger partial charge on any atom is -0.393 e. The van der Waals surface area contributed by atoms with Crippen molar-refractivity contribution in [2.75, 3.05) is 13.1 Å². The molecule has 0 radical (unpaired) electrons. The van der Waals surface area contributed by atoms with E-state index in [2.05, 4.69) is 16.4 Å². The molecule has 2 heterocycles. The number of nitrogens with one attached hydrogen (secondary N) is 1. The molecule has 0 spiro atoms. The molecule has 0 bridgehead atoms. The molecule has 0 amide bonds. The number of aryl methyl sites for hydroxylation is 1. The minimum atomic E-state index is -0.122. The number of hydrogen-bond donors (Lipinski definition) is 2. The fourth-order valence-corrected chi connectivity index (χ4v) is 2.10. The van der Waals surface area contributed by atoms with E-state index in [1.165, 1.54) is 5.56 Å². The second-order valence-electron chi connectivity index (χ2n) is 4.22. The average molecular weight is 206 g/mol. The van der Waals surface area contributed by atoms with Gasteiger partial charge in [-0.1, -0.05) is 6.07 Å². The molecule has 1 aliphatic rings. The Kier molecular flexibility index (Phi) is 3.69. The van der Waals surface area contributed by atoms with Gasteiger partial charge in [0.15, 0.2) is 0 Å². The standard InChI is InChI=1S/C12H18N2O/c15-12-5-7-14-9-11(12)4-3-10-2-1-6-13-8-10/h1-2,6,8,11-12,14-15H,3-5,7,9H2. The van der Waals surface area contributed by atoms with Crippen molar-refractivity contribution >= 4 is 0 Å². The number of piperidine rings is 1. The molecule has 2 atom stereocenters. The molecule has 1 fully saturated rings. The van der Waals surface area contributed by atoms with Crippen LogP contribution in [0.4, 0.5) is 0 Å². The van der Waals surface area contributed by atoms with Crippen LogP contribution < -0.4 is 5.32 Å². The van der Waals surface area contributed by atoms with Crippen LogP contribution in [-0.2, 0) is 6.42 Å². The first-order valence-electron chi connectivity index (χ1n) is 5.64. The van der Waals surface area contributed by atoms with E-state index in [0.717, 1.165) is 32.4 Å². The van der Waals surface area contributed by atoms with Crippen molar-refractivity contribution in [2.24, 2.45) is 5.92 Å². The third kappa shape index (κ3) is 3.01. The highest BCUT2D eigenvalue weighted by Crippen LogP contribution is 2.17. The molecule has 15 heavy (non-hydrogen) atoms. The SMILES string of the molecule is OC1CCNCC1CCc1cccnc1. The normalized spacial score (nSPS) is 26.5. The topological polar surface area (TPSA) is 45.1 Å². The summed E-state index contributed by atoms with van der Waals surface area (Å²) in [6.45, 7) is 1.89. The number of rotatable bonds is 3. The first-order chi connectivity index (χ1) is 7.36. The number of nitrogens with zero attached hydrogens (tertiary/aromatic N) is 1. The van der Waals surface area contributed by atoms with Crippen molar-refractivity contribution in [3.8, 4) is 0 Å². The Hall–Kier alpha value is -0.930. The Labute approximate surface area is 90.5 Å². The van der Waals surface area contributed by atoms with Gasteiger partial charge in [-0.25, -0.2) is 0 Å². The second kappa shape index (κ2) is 5.24. The molecule has 3 nitrogen and oxygen atoms in total. The molecule has 82 valence electrons. The van der Waals surface area contributed by atoms with Crippen LogP contribution in [0.15, 0.2) is 24.5 Å². The van der Waals surface area contributed by atoms with Gasteiger partial charge in [-0.05, 0) is 43.4 Å². The van der Waals surface area contributed by atoms with Gasteiger partial charge in [0.05, 0.1) is 6.10 Å². The van der Waals surface area contributed by atoms with E-state index in [4.69, 9.17) is 0 Å². The van der Waals surface area contributed by atoms with Crippen molar-refractivity contribution in [1.82, 2.24) is 10.3 Å². The smallest absolute Gasteiger partial charge is 0.0592 e. The Bertz CT molecular complexity index is 289. The zero-order chi connectivity index (χ0) is 10.5. The van der Waals surface area contributed by atoms with Crippen molar-refractivity contribution in [2.45, 2.75) is 25.4 Å². The zero-order valence-electron chi connectivity index (χ0n) is 8.89. The van der Waals surface area contributed by atoms with E-state index in [1.807, 2.05) is 12.3 Å². The predicted molar refractivity (Wildman–Crippen MR) is 59.5 cm³/mol. The first kappa shape index (κ1) is 10.6. The van der Waals surface area contributed by atoms with E-state index in [-0.39, 0.29) is 6.10 Å². The summed E-state index contributed by atoms with van der Waals surface area (Å²) in [5.74, 6) is 0.402. The average Bonchev–Trinajstić information content (AvgIpc) is 2.29. The highest BCUT2D eigenvalue weighted by molar-refractivity contribution is 5.08. The highest BCUT2D eigenvalue weighted by Gasteiger charge is 2.22. The Morgan fingerprint density at radius 3 is 3.20 bits per heavy atom. The number of pyridine rings is 1. The summed E-state index contributed by atoms with van der Waals surface area (Å²) in [6, 6.07) is 4.06. The van der Waals surface area contributed by atoms with Gasteiger partial charge in [0, 0.05) is 18.9 Å². The lowest BCUT2D eigenvalue weighted by molar-refractivity contribution is 0.0747. The van der Waals surface area contributed by atoms with Crippen molar-refractivity contribution in [1.29, 1.82) is 0 Å². The Morgan fingerprint density at radius 2 is 2.47 bits per heavy atom. The fraction of sp³-hybridized carbons (Fsp3) is 0.583. The molecule has 1 saturated heterocycles. The van der Waals surface area contributed by atoms with E-state index in [0.29, 0.717) is 5.92 Å². The monoisotopic (exact) mass is 206 g/mol. The van der Waals surface area contributed by atoms with Gasteiger partial charge in [0.2, 0.25) is 0 Å². The van der Waals surface area contributed by atoms with Crippen LogP contribution in [0.3, 0.4) is 0 Å². The third-order valence-corrected chi connectivity index (χ3v) is 3.09. The molecule has 1 aliphatic heterocycles. The summed E-state index contributed by atoms with van der Waals surface area (Å²) in [7, 11) is 0. The van der Waals surface area contributed by atoms with Crippen LogP contribution in [0.2, 0.25) is 0 Å². The molecule has 2 N–H and O–H groups in total. The quantitative estimate of drug-likeness (QED) is 0.775. The maximum absolute atomic E-state index is 9.79. The number of aliphatic hydroxyl groups is 1. The van der Waals surface area contributed by atoms with Crippen molar-refractivity contribution < 1.29 is 5.11 Å². The molecule has 0 saturated carbocycles. The Balaban J connectivity index is 1.82. The summed E-state index contributed by atoms with van der Waals surface area (Å²) < 4.78 is 0. The van der Waals surface area contributed by atoms with Crippen LogP contribution >= 0.6 is 0 Å². The lowest BCUT2D eigenvalue weighted by Gasteiger charge is -2.28. The van der Waals surface area contributed by atoms with Crippen LogP contribution in [0.25, 0.3) is 0 Å². The lowest BCUT2D eigenvalue weighted by Crippen LogP contribution is -2.40. The molecule has 3 heteroatoms. The molecular formula is C12H18N2O. The number of aliphatic hydroxyl groups excluding tert-OH is 1. The molecule has 1 aromatic heterocycles. The summed E-state index contributed by atoms with van der Waals surface area (Å²) in [5.41, 5.74) is 1.26. The van der Waals surface area contributed by atoms with Gasteiger partial charge < -0.3 is 10.4 Å². The van der Waals surface area contributed by atoms with Gasteiger partial charge in [0.1, 0.15) is 0 Å². The fourth-order valence-electron chi connectivity index (χ4n) is 2.10. The second-order valence-corrected chi connectivity index (χ2v) is 4.22.